The molecule has 0 aromatic carbocycles. The lowest BCUT2D eigenvalue weighted by molar-refractivity contribution is -0.0906. The molecule has 0 radical (unpaired) electrons. The van der Waals surface area contributed by atoms with E-state index in [1.807, 2.05) is 0 Å². The molecule has 0 aromatic heterocycles. The van der Waals surface area contributed by atoms with Crippen LogP contribution in [0.5, 0.6) is 0 Å². The van der Waals surface area contributed by atoms with Gasteiger partial charge in [0.1, 0.15) is 0 Å². The number of rotatable bonds is 4. The van der Waals surface area contributed by atoms with Crippen LogP contribution in [0.3, 0.4) is 0 Å². The predicted octanol–water partition coefficient (Wildman–Crippen LogP) is 7.80. The molecule has 0 aromatic rings. The largest absolute Gasteiger partial charge is 0.103 e. The first-order valence-electron chi connectivity index (χ1n) is 11.7. The smallest absolute Gasteiger partial charge is 0.00872 e. The Morgan fingerprint density at radius 2 is 1.69 bits per heavy atom. The Morgan fingerprint density at radius 1 is 1.00 bits per heavy atom. The van der Waals surface area contributed by atoms with Crippen LogP contribution < -0.4 is 0 Å². The Kier molecular flexibility index (Phi) is 4.94. The van der Waals surface area contributed by atoms with Gasteiger partial charge in [0, 0.05) is 0 Å². The fourth-order valence-electron chi connectivity index (χ4n) is 8.89. The van der Waals surface area contributed by atoms with Gasteiger partial charge in [0.15, 0.2) is 0 Å². The zero-order valence-corrected chi connectivity index (χ0v) is 17.7. The average Bonchev–Trinajstić information content (AvgIpc) is 2.99. The van der Waals surface area contributed by atoms with Gasteiger partial charge in [-0.05, 0) is 105 Å². The van der Waals surface area contributed by atoms with E-state index in [0.29, 0.717) is 10.8 Å². The van der Waals surface area contributed by atoms with Gasteiger partial charge in [0.05, 0.1) is 0 Å². The number of allylic oxidation sites excluding steroid dienone is 2. The molecular formula is C26H42. The van der Waals surface area contributed by atoms with Gasteiger partial charge in [-0.2, -0.15) is 0 Å². The van der Waals surface area contributed by atoms with Gasteiger partial charge in [-0.15, -0.1) is 6.58 Å². The van der Waals surface area contributed by atoms with Crippen LogP contribution in [0.2, 0.25) is 0 Å². The molecule has 4 saturated carbocycles. The van der Waals surface area contributed by atoms with Gasteiger partial charge in [-0.3, -0.25) is 0 Å². The molecule has 2 unspecified atom stereocenters. The second-order valence-electron chi connectivity index (χ2n) is 11.0. The van der Waals surface area contributed by atoms with Crippen molar-refractivity contribution in [3.63, 3.8) is 0 Å². The Bertz CT molecular complexity index is 558. The van der Waals surface area contributed by atoms with Crippen LogP contribution in [0, 0.1) is 46.3 Å². The fourth-order valence-corrected chi connectivity index (χ4v) is 8.89. The summed E-state index contributed by atoms with van der Waals surface area (Å²) in [6, 6.07) is 0. The summed E-state index contributed by atoms with van der Waals surface area (Å²) in [5, 5.41) is 0. The van der Waals surface area contributed by atoms with Crippen molar-refractivity contribution in [2.75, 3.05) is 0 Å². The first-order valence-corrected chi connectivity index (χ1v) is 11.7. The lowest BCUT2D eigenvalue weighted by Gasteiger charge is -2.60. The molecule has 0 heterocycles. The first kappa shape index (κ1) is 18.8. The van der Waals surface area contributed by atoms with E-state index >= 15 is 0 Å². The van der Waals surface area contributed by atoms with Gasteiger partial charge in [0.25, 0.3) is 0 Å². The van der Waals surface area contributed by atoms with E-state index in [1.54, 1.807) is 0 Å². The lowest BCUT2D eigenvalue weighted by atomic mass is 9.45. The van der Waals surface area contributed by atoms with E-state index in [2.05, 4.69) is 40.0 Å². The topological polar surface area (TPSA) is 0 Å². The number of hydrogen-bond acceptors (Lipinski definition) is 0. The molecule has 0 bridgehead atoms. The SMILES string of the molecule is C=C[C@]12CC[C@@H]3C(CC[C@@]4(C)C3CC[C@@H]4C(=C)C)[C@H]1CC[C@H](CCC)C2. The average molecular weight is 355 g/mol. The van der Waals surface area contributed by atoms with Crippen LogP contribution in [-0.4, -0.2) is 0 Å². The van der Waals surface area contributed by atoms with Gasteiger partial charge in [-0.1, -0.05) is 51.3 Å². The summed E-state index contributed by atoms with van der Waals surface area (Å²) in [5.74, 6) is 5.67. The standard InChI is InChI=1S/C26H42/c1-6-8-19-9-10-24-21-13-15-25(5)22(18(3)4)11-12-23(25)20(21)14-16-26(24,7-2)17-19/h7,19-24H,2-3,6,8-17H2,1,4-5H3/t19-,20+,21?,22+,23?,24+,25+,26+/m0/s1. The molecule has 0 amide bonds. The Labute approximate surface area is 162 Å². The van der Waals surface area contributed by atoms with Crippen molar-refractivity contribution in [2.24, 2.45) is 46.3 Å². The van der Waals surface area contributed by atoms with E-state index in [4.69, 9.17) is 0 Å². The van der Waals surface area contributed by atoms with Crippen molar-refractivity contribution in [1.29, 1.82) is 0 Å². The van der Waals surface area contributed by atoms with Crippen LogP contribution in [0.1, 0.15) is 91.4 Å². The third-order valence-corrected chi connectivity index (χ3v) is 9.94. The quantitative estimate of drug-likeness (QED) is 0.452. The van der Waals surface area contributed by atoms with Crippen molar-refractivity contribution >= 4 is 0 Å². The summed E-state index contributed by atoms with van der Waals surface area (Å²) in [5.41, 5.74) is 2.50. The molecule has 0 saturated heterocycles. The van der Waals surface area contributed by atoms with Crippen LogP contribution in [-0.2, 0) is 0 Å². The van der Waals surface area contributed by atoms with Crippen LogP contribution in [0.4, 0.5) is 0 Å². The Hall–Kier alpha value is -0.520. The molecule has 8 atom stereocenters. The predicted molar refractivity (Wildman–Crippen MR) is 113 cm³/mol. The third kappa shape index (κ3) is 2.68. The maximum absolute atomic E-state index is 4.40. The first-order chi connectivity index (χ1) is 12.4. The maximum Gasteiger partial charge on any atom is -0.00872 e. The minimum absolute atomic E-state index is 0.485. The number of fused-ring (bicyclic) bond motifs is 5. The minimum Gasteiger partial charge on any atom is -0.103 e. The number of hydrogen-bond donors (Lipinski definition) is 0. The zero-order chi connectivity index (χ0) is 18.5. The van der Waals surface area contributed by atoms with Crippen LogP contribution in [0.15, 0.2) is 24.8 Å². The van der Waals surface area contributed by atoms with E-state index < -0.39 is 0 Å². The summed E-state index contributed by atoms with van der Waals surface area (Å²) < 4.78 is 0. The summed E-state index contributed by atoms with van der Waals surface area (Å²) in [6.07, 6.45) is 18.4. The fraction of sp³-hybridized carbons (Fsp3) is 0.846. The van der Waals surface area contributed by atoms with Crippen LogP contribution in [0.25, 0.3) is 0 Å². The minimum atomic E-state index is 0.485. The molecule has 4 aliphatic rings. The Balaban J connectivity index is 1.57. The molecule has 0 nitrogen and oxygen atoms in total. The second kappa shape index (κ2) is 6.82. The molecule has 4 fully saturated rings. The van der Waals surface area contributed by atoms with Crippen molar-refractivity contribution in [2.45, 2.75) is 91.4 Å². The lowest BCUT2D eigenvalue weighted by Crippen LogP contribution is -2.52. The molecular weight excluding hydrogens is 312 g/mol. The summed E-state index contributed by atoms with van der Waals surface area (Å²) in [7, 11) is 0. The van der Waals surface area contributed by atoms with Gasteiger partial charge in [0.2, 0.25) is 0 Å². The van der Waals surface area contributed by atoms with E-state index in [1.165, 1.54) is 76.2 Å². The van der Waals surface area contributed by atoms with Crippen molar-refractivity contribution in [3.8, 4) is 0 Å². The highest BCUT2D eigenvalue weighted by atomic mass is 14.6. The van der Waals surface area contributed by atoms with Gasteiger partial charge < -0.3 is 0 Å². The highest BCUT2D eigenvalue weighted by Crippen LogP contribution is 2.67. The Morgan fingerprint density at radius 3 is 2.38 bits per heavy atom. The van der Waals surface area contributed by atoms with E-state index in [0.717, 1.165) is 35.5 Å². The molecule has 0 N–H and O–H groups in total. The summed E-state index contributed by atoms with van der Waals surface area (Å²) >= 11 is 0. The van der Waals surface area contributed by atoms with E-state index in [-0.39, 0.29) is 0 Å². The molecule has 4 aliphatic carbocycles. The highest BCUT2D eigenvalue weighted by Gasteiger charge is 2.59. The van der Waals surface area contributed by atoms with Gasteiger partial charge in [-0.25, -0.2) is 0 Å². The van der Waals surface area contributed by atoms with E-state index in [9.17, 15) is 0 Å². The monoisotopic (exact) mass is 354 g/mol. The molecule has 0 heteroatoms. The molecule has 26 heavy (non-hydrogen) atoms. The molecule has 0 spiro atoms. The zero-order valence-electron chi connectivity index (χ0n) is 17.7. The molecule has 0 aliphatic heterocycles. The van der Waals surface area contributed by atoms with Crippen molar-refractivity contribution < 1.29 is 0 Å². The maximum atomic E-state index is 4.40. The van der Waals surface area contributed by atoms with Crippen molar-refractivity contribution in [1.82, 2.24) is 0 Å². The molecule has 4 rings (SSSR count). The highest BCUT2D eigenvalue weighted by molar-refractivity contribution is 5.16. The van der Waals surface area contributed by atoms with Crippen molar-refractivity contribution in [3.05, 3.63) is 24.8 Å². The van der Waals surface area contributed by atoms with Crippen LogP contribution >= 0.6 is 0 Å². The second-order valence-corrected chi connectivity index (χ2v) is 11.0. The summed E-state index contributed by atoms with van der Waals surface area (Å²) in [6.45, 7) is 16.1. The normalized spacial score (nSPS) is 50.4. The van der Waals surface area contributed by atoms with Gasteiger partial charge >= 0.3 is 0 Å². The molecule has 146 valence electrons. The third-order valence-electron chi connectivity index (χ3n) is 9.94. The summed E-state index contributed by atoms with van der Waals surface area (Å²) in [4.78, 5) is 0.